The zero-order valence-electron chi connectivity index (χ0n) is 19.5. The van der Waals surface area contributed by atoms with E-state index in [1.807, 2.05) is 0 Å². The molecule has 0 saturated heterocycles. The number of nitrogens with zero attached hydrogens (tertiary/aromatic N) is 1. The van der Waals surface area contributed by atoms with Crippen molar-refractivity contribution in [2.45, 2.75) is 50.3 Å². The molecule has 0 heterocycles. The van der Waals surface area contributed by atoms with Crippen molar-refractivity contribution in [1.82, 2.24) is 9.79 Å². The molecular weight excluding hydrogens is 483 g/mol. The molecule has 1 amide bonds. The van der Waals surface area contributed by atoms with E-state index in [-0.39, 0.29) is 23.9 Å². The Balaban J connectivity index is 2.48. The molecule has 1 atom stereocenters. The number of carbonyl (C=O) groups is 1. The van der Waals surface area contributed by atoms with Gasteiger partial charge < -0.3 is 4.74 Å². The number of nitrogens with one attached hydrogen (secondary N) is 1. The smallest absolute Gasteiger partial charge is 0.262 e. The molecular formula is C24H30ClFN2O5S. The predicted molar refractivity (Wildman–Crippen MR) is 129 cm³/mol. The molecule has 0 aliphatic rings. The Hall–Kier alpha value is -2.46. The lowest BCUT2D eigenvalue weighted by molar-refractivity contribution is -0.149. The fraction of sp³-hybridized carbons (Fsp3) is 0.375. The maximum atomic E-state index is 14.0. The van der Waals surface area contributed by atoms with Crippen LogP contribution in [0.5, 0.6) is 5.75 Å². The van der Waals surface area contributed by atoms with Crippen LogP contribution in [-0.2, 0) is 26.2 Å². The van der Waals surface area contributed by atoms with Crippen LogP contribution < -0.4 is 10.2 Å². The van der Waals surface area contributed by atoms with Crippen LogP contribution in [-0.4, -0.2) is 42.8 Å². The highest BCUT2D eigenvalue weighted by Gasteiger charge is 2.37. The summed E-state index contributed by atoms with van der Waals surface area (Å²) in [5, 5.41) is 0. The van der Waals surface area contributed by atoms with Gasteiger partial charge in [-0.3, -0.25) is 9.63 Å². The van der Waals surface area contributed by atoms with Gasteiger partial charge in [0.15, 0.2) is 0 Å². The van der Waals surface area contributed by atoms with Crippen LogP contribution in [0.3, 0.4) is 0 Å². The van der Waals surface area contributed by atoms with Crippen molar-refractivity contribution in [2.75, 3.05) is 12.5 Å². The summed E-state index contributed by atoms with van der Waals surface area (Å²) >= 11 is 5.62. The van der Waals surface area contributed by atoms with Crippen molar-refractivity contribution in [1.29, 1.82) is 0 Å². The first-order valence-electron chi connectivity index (χ1n) is 10.6. The maximum absolute atomic E-state index is 14.0. The number of hydroxylamine groups is 1. The van der Waals surface area contributed by atoms with Crippen molar-refractivity contribution in [3.8, 4) is 5.75 Å². The molecule has 7 nitrogen and oxygen atoms in total. The summed E-state index contributed by atoms with van der Waals surface area (Å²) in [6, 6.07) is 13.0. The minimum Gasteiger partial charge on any atom is -0.492 e. The topological polar surface area (TPSA) is 84.9 Å². The SMILES string of the molecule is C=C(F)C[C@H](C(=O)NOC(C)(C)C)N(Cc1ccccc1)S(=O)(=O)c1ccc(OCCCl)cc1. The standard InChI is InChI=1S/C24H30ClFN2O5S/c1-18(26)16-22(23(29)27-33-24(2,3)4)28(17-19-8-6-5-7-9-19)34(30,31)21-12-10-20(11-13-21)32-15-14-25/h5-13,22H,1,14-17H2,2-4H3,(H,27,29)/t22-/m1/s1. The van der Waals surface area contributed by atoms with E-state index in [1.165, 1.54) is 24.3 Å². The Labute approximate surface area is 205 Å². The van der Waals surface area contributed by atoms with Crippen molar-refractivity contribution in [3.05, 3.63) is 72.6 Å². The number of sulfonamides is 1. The molecule has 0 fully saturated rings. The summed E-state index contributed by atoms with van der Waals surface area (Å²) in [4.78, 5) is 18.3. The minimum atomic E-state index is -4.25. The molecule has 0 saturated carbocycles. The van der Waals surface area contributed by atoms with E-state index in [2.05, 4.69) is 12.1 Å². The van der Waals surface area contributed by atoms with E-state index in [0.717, 1.165) is 4.31 Å². The third-order valence-electron chi connectivity index (χ3n) is 4.48. The van der Waals surface area contributed by atoms with Crippen molar-refractivity contribution in [3.63, 3.8) is 0 Å². The van der Waals surface area contributed by atoms with Gasteiger partial charge in [0.1, 0.15) is 18.4 Å². The maximum Gasteiger partial charge on any atom is 0.262 e. The first-order valence-corrected chi connectivity index (χ1v) is 12.6. The van der Waals surface area contributed by atoms with Crippen LogP contribution in [0.15, 0.2) is 71.9 Å². The number of ether oxygens (including phenoxy) is 1. The lowest BCUT2D eigenvalue weighted by Crippen LogP contribution is -2.50. The zero-order chi connectivity index (χ0) is 25.4. The molecule has 186 valence electrons. The van der Waals surface area contributed by atoms with Gasteiger partial charge >= 0.3 is 0 Å². The Morgan fingerprint density at radius 2 is 1.76 bits per heavy atom. The van der Waals surface area contributed by atoms with Gasteiger partial charge in [0, 0.05) is 13.0 Å². The van der Waals surface area contributed by atoms with E-state index >= 15 is 0 Å². The highest BCUT2D eigenvalue weighted by Crippen LogP contribution is 2.26. The van der Waals surface area contributed by atoms with Gasteiger partial charge in [0.2, 0.25) is 10.0 Å². The second-order valence-electron chi connectivity index (χ2n) is 8.46. The average molecular weight is 513 g/mol. The van der Waals surface area contributed by atoms with Crippen molar-refractivity contribution >= 4 is 27.5 Å². The van der Waals surface area contributed by atoms with E-state index in [1.54, 1.807) is 51.1 Å². The van der Waals surface area contributed by atoms with Crippen LogP contribution in [0.2, 0.25) is 0 Å². The predicted octanol–water partition coefficient (Wildman–Crippen LogP) is 4.58. The lowest BCUT2D eigenvalue weighted by Gasteiger charge is -2.31. The Morgan fingerprint density at radius 1 is 1.15 bits per heavy atom. The van der Waals surface area contributed by atoms with Crippen LogP contribution in [0, 0.1) is 0 Å². The summed E-state index contributed by atoms with van der Waals surface area (Å²) in [7, 11) is -4.25. The third-order valence-corrected chi connectivity index (χ3v) is 6.50. The summed E-state index contributed by atoms with van der Waals surface area (Å²) in [5.74, 6) is -0.922. The number of carbonyl (C=O) groups excluding carboxylic acids is 1. The fourth-order valence-electron chi connectivity index (χ4n) is 2.93. The molecule has 0 spiro atoms. The molecule has 34 heavy (non-hydrogen) atoms. The van der Waals surface area contributed by atoms with E-state index in [4.69, 9.17) is 21.2 Å². The molecule has 0 bridgehead atoms. The van der Waals surface area contributed by atoms with Crippen LogP contribution in [0.25, 0.3) is 0 Å². The number of hydrogen-bond acceptors (Lipinski definition) is 5. The number of benzene rings is 2. The quantitative estimate of drug-likeness (QED) is 0.332. The summed E-state index contributed by atoms with van der Waals surface area (Å²) in [6.07, 6.45) is -0.539. The lowest BCUT2D eigenvalue weighted by atomic mass is 10.1. The molecule has 1 N–H and O–H groups in total. The minimum absolute atomic E-state index is 0.0827. The molecule has 0 radical (unpaired) electrons. The van der Waals surface area contributed by atoms with Gasteiger partial charge in [0.05, 0.1) is 22.2 Å². The first-order chi connectivity index (χ1) is 15.9. The van der Waals surface area contributed by atoms with E-state index < -0.39 is 39.8 Å². The molecule has 2 aromatic carbocycles. The van der Waals surface area contributed by atoms with E-state index in [0.29, 0.717) is 11.3 Å². The normalized spacial score (nSPS) is 12.9. The van der Waals surface area contributed by atoms with Gasteiger partial charge in [-0.2, -0.15) is 4.31 Å². The average Bonchev–Trinajstić information content (AvgIpc) is 2.78. The molecule has 0 aliphatic heterocycles. The van der Waals surface area contributed by atoms with Gasteiger partial charge in [-0.05, 0) is 50.6 Å². The van der Waals surface area contributed by atoms with Crippen LogP contribution in [0.1, 0.15) is 32.8 Å². The summed E-state index contributed by atoms with van der Waals surface area (Å²) < 4.78 is 47.7. The largest absolute Gasteiger partial charge is 0.492 e. The van der Waals surface area contributed by atoms with Crippen molar-refractivity contribution < 1.29 is 27.2 Å². The molecule has 10 heteroatoms. The molecule has 0 unspecified atom stereocenters. The Kier molecular flexibility index (Phi) is 10.1. The number of hydrogen-bond donors (Lipinski definition) is 1. The number of rotatable bonds is 12. The molecule has 2 rings (SSSR count). The van der Waals surface area contributed by atoms with Gasteiger partial charge in [-0.1, -0.05) is 36.9 Å². The Morgan fingerprint density at radius 3 is 2.29 bits per heavy atom. The molecule has 0 aromatic heterocycles. The fourth-order valence-corrected chi connectivity index (χ4v) is 4.58. The molecule has 2 aromatic rings. The summed E-state index contributed by atoms with van der Waals surface area (Å²) in [5.41, 5.74) is 2.14. The van der Waals surface area contributed by atoms with Crippen LogP contribution in [0.4, 0.5) is 4.39 Å². The number of alkyl halides is 1. The highest BCUT2D eigenvalue weighted by molar-refractivity contribution is 7.89. The van der Waals surface area contributed by atoms with E-state index in [9.17, 15) is 17.6 Å². The first kappa shape index (κ1) is 27.8. The zero-order valence-corrected chi connectivity index (χ0v) is 21.0. The van der Waals surface area contributed by atoms with Gasteiger partial charge in [-0.25, -0.2) is 18.3 Å². The van der Waals surface area contributed by atoms with Gasteiger partial charge in [0.25, 0.3) is 5.91 Å². The van der Waals surface area contributed by atoms with Gasteiger partial charge in [-0.15, -0.1) is 11.6 Å². The second kappa shape index (κ2) is 12.3. The third kappa shape index (κ3) is 8.39. The monoisotopic (exact) mass is 512 g/mol. The van der Waals surface area contributed by atoms with Crippen molar-refractivity contribution in [2.24, 2.45) is 0 Å². The van der Waals surface area contributed by atoms with Crippen LogP contribution >= 0.6 is 11.6 Å². The number of amides is 1. The highest BCUT2D eigenvalue weighted by atomic mass is 35.5. The second-order valence-corrected chi connectivity index (χ2v) is 10.7. The Bertz CT molecular complexity index is 1060. The number of halogens is 2. The summed E-state index contributed by atoms with van der Waals surface area (Å²) in [6.45, 7) is 8.46. The molecule has 0 aliphatic carbocycles.